The van der Waals surface area contributed by atoms with Crippen molar-refractivity contribution in [3.05, 3.63) is 71.5 Å². The van der Waals surface area contributed by atoms with Gasteiger partial charge in [0.1, 0.15) is 0 Å². The number of carbonyl (C=O) groups excluding carboxylic acids is 2. The number of nitrogens with zero attached hydrogens (tertiary/aromatic N) is 3. The first-order valence-corrected chi connectivity index (χ1v) is 9.38. The van der Waals surface area contributed by atoms with Crippen LogP contribution in [0.5, 0.6) is 0 Å². The number of hydrogen-bond acceptors (Lipinski definition) is 3. The summed E-state index contributed by atoms with van der Waals surface area (Å²) in [7, 11) is 3.63. The van der Waals surface area contributed by atoms with E-state index in [1.807, 2.05) is 75.6 Å². The number of anilines is 1. The number of aromatic nitrogens is 2. The van der Waals surface area contributed by atoms with Gasteiger partial charge in [0.05, 0.1) is 12.1 Å². The summed E-state index contributed by atoms with van der Waals surface area (Å²) in [6.07, 6.45) is 2.61. The van der Waals surface area contributed by atoms with Crippen LogP contribution in [0.1, 0.15) is 35.0 Å². The molecule has 0 bridgehead atoms. The van der Waals surface area contributed by atoms with E-state index in [0.29, 0.717) is 18.4 Å². The van der Waals surface area contributed by atoms with E-state index in [4.69, 9.17) is 0 Å². The molecule has 0 radical (unpaired) electrons. The van der Waals surface area contributed by atoms with Crippen LogP contribution in [0.3, 0.4) is 0 Å². The van der Waals surface area contributed by atoms with Gasteiger partial charge in [-0.05, 0) is 41.8 Å². The van der Waals surface area contributed by atoms with Gasteiger partial charge in [0, 0.05) is 38.0 Å². The van der Waals surface area contributed by atoms with E-state index in [1.54, 1.807) is 16.6 Å². The van der Waals surface area contributed by atoms with Gasteiger partial charge in [-0.3, -0.25) is 14.3 Å². The van der Waals surface area contributed by atoms with Crippen molar-refractivity contribution in [1.29, 1.82) is 0 Å². The maximum Gasteiger partial charge on any atom is 0.226 e. The summed E-state index contributed by atoms with van der Waals surface area (Å²) in [4.78, 5) is 26.0. The number of benzene rings is 2. The maximum atomic E-state index is 12.5. The fourth-order valence-electron chi connectivity index (χ4n) is 3.22. The van der Waals surface area contributed by atoms with Crippen molar-refractivity contribution in [2.75, 3.05) is 11.9 Å². The first-order chi connectivity index (χ1) is 13.4. The molecule has 0 unspecified atom stereocenters. The Morgan fingerprint density at radius 1 is 1.07 bits per heavy atom. The molecule has 3 rings (SSSR count). The Bertz CT molecular complexity index is 1000. The van der Waals surface area contributed by atoms with Crippen molar-refractivity contribution >= 4 is 17.4 Å². The lowest BCUT2D eigenvalue weighted by Crippen LogP contribution is -2.25. The van der Waals surface area contributed by atoms with Crippen LogP contribution in [0.15, 0.2) is 54.7 Å². The van der Waals surface area contributed by atoms with Crippen LogP contribution in [-0.4, -0.2) is 28.5 Å². The predicted octanol–water partition coefficient (Wildman–Crippen LogP) is 4.19. The number of hydrogen-bond donors (Lipinski definition) is 0. The fourth-order valence-corrected chi connectivity index (χ4v) is 3.22. The van der Waals surface area contributed by atoms with Crippen molar-refractivity contribution in [3.8, 4) is 11.1 Å². The minimum Gasteiger partial charge on any atom is -0.316 e. The Hall–Kier alpha value is -3.21. The van der Waals surface area contributed by atoms with Crippen molar-refractivity contribution in [1.82, 2.24) is 9.78 Å². The van der Waals surface area contributed by atoms with Crippen molar-refractivity contribution in [2.24, 2.45) is 7.05 Å². The average molecular weight is 375 g/mol. The molecule has 5 heteroatoms. The molecule has 1 amide bonds. The maximum absolute atomic E-state index is 12.5. The van der Waals surface area contributed by atoms with Gasteiger partial charge in [0.2, 0.25) is 5.91 Å². The van der Waals surface area contributed by atoms with Crippen molar-refractivity contribution in [3.63, 3.8) is 0 Å². The van der Waals surface area contributed by atoms with Crippen molar-refractivity contribution in [2.45, 2.75) is 26.7 Å². The summed E-state index contributed by atoms with van der Waals surface area (Å²) in [5.41, 5.74) is 5.55. The van der Waals surface area contributed by atoms with E-state index in [-0.39, 0.29) is 11.7 Å². The molecule has 0 atom stereocenters. The quantitative estimate of drug-likeness (QED) is 0.607. The highest BCUT2D eigenvalue weighted by molar-refractivity contribution is 5.98. The average Bonchev–Trinajstić information content (AvgIpc) is 3.11. The molecule has 3 aromatic rings. The van der Waals surface area contributed by atoms with Crippen LogP contribution in [0, 0.1) is 6.92 Å². The topological polar surface area (TPSA) is 55.2 Å². The largest absolute Gasteiger partial charge is 0.316 e. The summed E-state index contributed by atoms with van der Waals surface area (Å²) in [6, 6.07) is 15.5. The van der Waals surface area contributed by atoms with Gasteiger partial charge in [-0.25, -0.2) is 0 Å². The normalized spacial score (nSPS) is 10.7. The molecule has 0 spiro atoms. The molecule has 0 saturated heterocycles. The second kappa shape index (κ2) is 8.21. The number of aryl methyl sites for hydroxylation is 2. The third-order valence-electron chi connectivity index (χ3n) is 4.90. The number of Topliss-reactive ketones (excluding diaryl/α,β-unsaturated/α-hetero) is 1. The van der Waals surface area contributed by atoms with Gasteiger partial charge in [0.15, 0.2) is 5.78 Å². The zero-order valence-corrected chi connectivity index (χ0v) is 16.8. The van der Waals surface area contributed by atoms with Crippen LogP contribution >= 0.6 is 0 Å². The monoisotopic (exact) mass is 375 g/mol. The number of rotatable bonds is 6. The van der Waals surface area contributed by atoms with Crippen LogP contribution in [0.25, 0.3) is 11.1 Å². The lowest BCUT2D eigenvalue weighted by atomic mass is 9.97. The first kappa shape index (κ1) is 19.5. The van der Waals surface area contributed by atoms with Crippen LogP contribution in [0.2, 0.25) is 0 Å². The molecule has 0 fully saturated rings. The molecule has 2 aromatic carbocycles. The van der Waals surface area contributed by atoms with Crippen LogP contribution in [-0.2, 0) is 18.3 Å². The van der Waals surface area contributed by atoms with E-state index in [1.165, 1.54) is 0 Å². The van der Waals surface area contributed by atoms with E-state index >= 15 is 0 Å². The SMILES string of the molecule is CCC(=O)N(C)c1ccc(-c2ccc(C(=O)Cc3ccn(C)n3)cc2)c(C)c1. The Balaban J connectivity index is 1.77. The molecule has 0 N–H and O–H groups in total. The molecule has 1 heterocycles. The molecular formula is C23H25N3O2. The minimum absolute atomic E-state index is 0.0528. The third kappa shape index (κ3) is 4.19. The Morgan fingerprint density at radius 3 is 2.36 bits per heavy atom. The zero-order chi connectivity index (χ0) is 20.3. The van der Waals surface area contributed by atoms with Gasteiger partial charge >= 0.3 is 0 Å². The summed E-state index contributed by atoms with van der Waals surface area (Å²) in [5.74, 6) is 0.139. The van der Waals surface area contributed by atoms with Gasteiger partial charge in [0.25, 0.3) is 0 Å². The van der Waals surface area contributed by atoms with Gasteiger partial charge in [-0.2, -0.15) is 5.10 Å². The molecule has 1 aromatic heterocycles. The Morgan fingerprint density at radius 2 is 1.79 bits per heavy atom. The smallest absolute Gasteiger partial charge is 0.226 e. The first-order valence-electron chi connectivity index (χ1n) is 9.38. The third-order valence-corrected chi connectivity index (χ3v) is 4.90. The van der Waals surface area contributed by atoms with Crippen molar-refractivity contribution < 1.29 is 9.59 Å². The second-order valence-corrected chi connectivity index (χ2v) is 6.96. The number of ketones is 1. The predicted molar refractivity (Wildman–Crippen MR) is 112 cm³/mol. The van der Waals surface area contributed by atoms with Crippen LogP contribution < -0.4 is 4.90 Å². The molecule has 28 heavy (non-hydrogen) atoms. The molecule has 0 aliphatic carbocycles. The Labute approximate surface area is 165 Å². The van der Waals surface area contributed by atoms with E-state index < -0.39 is 0 Å². The Kier molecular flexibility index (Phi) is 5.73. The lowest BCUT2D eigenvalue weighted by molar-refractivity contribution is -0.118. The van der Waals surface area contributed by atoms with Gasteiger partial charge in [-0.15, -0.1) is 0 Å². The second-order valence-electron chi connectivity index (χ2n) is 6.96. The summed E-state index contributed by atoms with van der Waals surface area (Å²) < 4.78 is 1.70. The lowest BCUT2D eigenvalue weighted by Gasteiger charge is -2.18. The molecule has 0 aliphatic heterocycles. The molecule has 144 valence electrons. The highest BCUT2D eigenvalue weighted by atomic mass is 16.2. The molecular weight excluding hydrogens is 350 g/mol. The molecule has 0 aliphatic rings. The van der Waals surface area contributed by atoms with E-state index in [9.17, 15) is 9.59 Å². The number of amides is 1. The standard InChI is InChI=1S/C23H25N3O2/c1-5-23(28)26(4)20-10-11-21(16(2)14-20)17-6-8-18(9-7-17)22(27)15-19-12-13-25(3)24-19/h6-14H,5,15H2,1-4H3. The van der Waals surface area contributed by atoms with E-state index in [2.05, 4.69) is 5.10 Å². The minimum atomic E-state index is 0.0528. The molecule has 5 nitrogen and oxygen atoms in total. The fraction of sp³-hybridized carbons (Fsp3) is 0.261. The summed E-state index contributed by atoms with van der Waals surface area (Å²) in [5, 5.41) is 4.26. The summed E-state index contributed by atoms with van der Waals surface area (Å²) in [6.45, 7) is 3.89. The van der Waals surface area contributed by atoms with Crippen LogP contribution in [0.4, 0.5) is 5.69 Å². The zero-order valence-electron chi connectivity index (χ0n) is 16.8. The highest BCUT2D eigenvalue weighted by Crippen LogP contribution is 2.28. The van der Waals surface area contributed by atoms with Gasteiger partial charge < -0.3 is 4.90 Å². The number of carbonyl (C=O) groups is 2. The highest BCUT2D eigenvalue weighted by Gasteiger charge is 2.12. The van der Waals surface area contributed by atoms with Gasteiger partial charge in [-0.1, -0.05) is 37.3 Å². The molecule has 0 saturated carbocycles. The van der Waals surface area contributed by atoms with E-state index in [0.717, 1.165) is 28.1 Å². The summed E-state index contributed by atoms with van der Waals surface area (Å²) >= 11 is 0.